The molecule has 5 rings (SSSR count). The second-order valence-corrected chi connectivity index (χ2v) is 15.4. The Balaban J connectivity index is 1.13. The van der Waals surface area contributed by atoms with Crippen LogP contribution in [-0.4, -0.2) is 120 Å². The van der Waals surface area contributed by atoms with E-state index in [9.17, 15) is 55.5 Å². The Morgan fingerprint density at radius 2 is 1.37 bits per heavy atom. The van der Waals surface area contributed by atoms with Gasteiger partial charge in [-0.25, -0.2) is 0 Å². The van der Waals surface area contributed by atoms with E-state index in [1.807, 2.05) is 18.2 Å². The van der Waals surface area contributed by atoms with Crippen LogP contribution in [0.2, 0.25) is 0 Å². The number of phenolic OH excluding ortho intramolecular Hbond substituents is 4. The fourth-order valence-corrected chi connectivity index (χ4v) is 6.97. The van der Waals surface area contributed by atoms with E-state index in [2.05, 4.69) is 37.3 Å². The molecule has 0 spiro atoms. The highest BCUT2D eigenvalue weighted by molar-refractivity contribution is 5.88. The minimum atomic E-state index is -2.00. The Kier molecular flexibility index (Phi) is 18.2. The molecule has 344 valence electrons. The van der Waals surface area contributed by atoms with Gasteiger partial charge < -0.3 is 74.1 Å². The van der Waals surface area contributed by atoms with E-state index in [0.29, 0.717) is 12.8 Å². The number of hydrogen-bond acceptors (Lipinski definition) is 17. The third kappa shape index (κ3) is 12.9. The monoisotopic (exact) mass is 882 g/mol. The number of unbranched alkanes of at least 4 members (excludes halogenated alkanes) is 3. The third-order valence-corrected chi connectivity index (χ3v) is 10.5. The number of benzene rings is 2. The molecule has 0 radical (unpaired) electrons. The molecule has 17 nitrogen and oxygen atoms in total. The highest BCUT2D eigenvalue weighted by Crippen LogP contribution is 2.39. The van der Waals surface area contributed by atoms with Gasteiger partial charge in [0.2, 0.25) is 17.5 Å². The van der Waals surface area contributed by atoms with Crippen LogP contribution in [0.3, 0.4) is 0 Å². The number of aromatic hydroxyl groups is 4. The van der Waals surface area contributed by atoms with Gasteiger partial charge in [0.25, 0.3) is 0 Å². The Labute approximate surface area is 364 Å². The maximum Gasteiger partial charge on any atom is 0.306 e. The molecule has 17 heteroatoms. The third-order valence-electron chi connectivity index (χ3n) is 10.5. The van der Waals surface area contributed by atoms with Gasteiger partial charge in [0.15, 0.2) is 29.7 Å². The molecule has 2 aliphatic rings. The highest BCUT2D eigenvalue weighted by atomic mass is 16.7. The maximum absolute atomic E-state index is 13.8. The van der Waals surface area contributed by atoms with Gasteiger partial charge in [-0.1, -0.05) is 68.4 Å². The molecule has 0 bridgehead atoms. The van der Waals surface area contributed by atoms with Crippen molar-refractivity contribution in [3.63, 3.8) is 0 Å². The van der Waals surface area contributed by atoms with Crippen molar-refractivity contribution in [1.29, 1.82) is 0 Å². The first-order valence-corrected chi connectivity index (χ1v) is 21.1. The number of ether oxygens (including phenoxy) is 5. The SMILES string of the molecule is CCCCC/C=C\C/C=C\C/C=C\C/C=C\CCC(=O)OC1C(C)OC(OCC2OC(Oc3c(-c4ccc(O)c(O)c4)oc4cc(O)cc(O)c4c3=O)C(O)C(O)C2O)C(O)C1O. The summed E-state index contributed by atoms with van der Waals surface area (Å²) in [5, 5.41) is 94.4. The van der Waals surface area contributed by atoms with Crippen molar-refractivity contribution in [3.8, 4) is 40.1 Å². The van der Waals surface area contributed by atoms with Crippen LogP contribution in [0.5, 0.6) is 28.7 Å². The molecule has 1 aromatic heterocycles. The van der Waals surface area contributed by atoms with E-state index in [-0.39, 0.29) is 17.6 Å². The number of carbonyl (C=O) groups excluding carboxylic acids is 1. The van der Waals surface area contributed by atoms with Gasteiger partial charge in [0, 0.05) is 24.1 Å². The molecule has 10 atom stereocenters. The molecule has 2 aliphatic heterocycles. The van der Waals surface area contributed by atoms with E-state index in [1.54, 1.807) is 0 Å². The van der Waals surface area contributed by atoms with Crippen molar-refractivity contribution in [2.24, 2.45) is 0 Å². The summed E-state index contributed by atoms with van der Waals surface area (Å²) in [7, 11) is 0. The highest BCUT2D eigenvalue weighted by Gasteiger charge is 2.49. The van der Waals surface area contributed by atoms with Crippen LogP contribution in [0.1, 0.15) is 71.6 Å². The number of phenols is 4. The van der Waals surface area contributed by atoms with E-state index >= 15 is 0 Å². The van der Waals surface area contributed by atoms with Crippen LogP contribution in [0.15, 0.2) is 88.2 Å². The quantitative estimate of drug-likeness (QED) is 0.0324. The van der Waals surface area contributed by atoms with Crippen LogP contribution in [0, 0.1) is 0 Å². The summed E-state index contributed by atoms with van der Waals surface area (Å²) in [5.41, 5.74) is -1.38. The molecule has 2 fully saturated rings. The minimum Gasteiger partial charge on any atom is -0.508 e. The summed E-state index contributed by atoms with van der Waals surface area (Å²) < 4.78 is 34.1. The molecule has 63 heavy (non-hydrogen) atoms. The summed E-state index contributed by atoms with van der Waals surface area (Å²) in [6.07, 6.45) is 7.83. The molecule has 3 aromatic rings. The number of carbonyl (C=O) groups is 1. The standard InChI is InChI=1S/C46H58O17/c1-3-4-5-6-7-8-9-10-11-12-13-14-15-16-17-18-19-34(51)62-42-26(2)59-45(41(57)39(42)55)58-25-33-36(52)38(54)40(56)46(61-33)63-44-37(53)35-31(50)23-28(47)24-32(35)60-43(44)27-20-21-29(48)30(49)22-27/h7-8,10-11,13-14,16-17,20-24,26,33,36,38-42,45-50,52,54-57H,3-6,9,12,15,18-19,25H2,1-2H3/b8-7-,11-10-,14-13-,17-16-. The van der Waals surface area contributed by atoms with Crippen LogP contribution in [0.25, 0.3) is 22.3 Å². The number of aliphatic hydroxyl groups is 5. The largest absolute Gasteiger partial charge is 0.508 e. The van der Waals surface area contributed by atoms with Crippen molar-refractivity contribution in [3.05, 3.63) is 89.2 Å². The van der Waals surface area contributed by atoms with E-state index in [1.165, 1.54) is 32.3 Å². The van der Waals surface area contributed by atoms with Gasteiger partial charge in [0.1, 0.15) is 59.1 Å². The summed E-state index contributed by atoms with van der Waals surface area (Å²) in [5.74, 6) is -4.02. The van der Waals surface area contributed by atoms with Crippen molar-refractivity contribution in [2.45, 2.75) is 133 Å². The van der Waals surface area contributed by atoms with Crippen molar-refractivity contribution in [2.75, 3.05) is 6.61 Å². The molecule has 0 amide bonds. The zero-order valence-electron chi connectivity index (χ0n) is 35.1. The maximum atomic E-state index is 13.8. The number of hydrogen-bond donors (Lipinski definition) is 9. The average Bonchev–Trinajstić information content (AvgIpc) is 3.25. The number of allylic oxidation sites excluding steroid dienone is 8. The summed E-state index contributed by atoms with van der Waals surface area (Å²) in [4.78, 5) is 26.4. The predicted molar refractivity (Wildman–Crippen MR) is 228 cm³/mol. The molecule has 2 aromatic carbocycles. The van der Waals surface area contributed by atoms with Crippen molar-refractivity contribution < 1.29 is 78.9 Å². The smallest absolute Gasteiger partial charge is 0.306 e. The van der Waals surface area contributed by atoms with Gasteiger partial charge in [-0.15, -0.1) is 0 Å². The lowest BCUT2D eigenvalue weighted by Gasteiger charge is -2.43. The second kappa shape index (κ2) is 23.4. The zero-order valence-corrected chi connectivity index (χ0v) is 35.1. The van der Waals surface area contributed by atoms with Crippen molar-refractivity contribution >= 4 is 16.9 Å². The average molecular weight is 883 g/mol. The lowest BCUT2D eigenvalue weighted by atomic mass is 9.98. The van der Waals surface area contributed by atoms with Gasteiger partial charge >= 0.3 is 5.97 Å². The Bertz CT molecular complexity index is 2140. The van der Waals surface area contributed by atoms with Crippen LogP contribution in [0.4, 0.5) is 0 Å². The zero-order chi connectivity index (χ0) is 45.6. The topological polar surface area (TPSA) is 275 Å². The molecule has 3 heterocycles. The van der Waals surface area contributed by atoms with Gasteiger partial charge in [0.05, 0.1) is 12.7 Å². The summed E-state index contributed by atoms with van der Waals surface area (Å²) >= 11 is 0. The van der Waals surface area contributed by atoms with E-state index in [4.69, 9.17) is 28.1 Å². The lowest BCUT2D eigenvalue weighted by Crippen LogP contribution is -2.62. The first kappa shape index (κ1) is 48.8. The molecule has 10 unspecified atom stereocenters. The Morgan fingerprint density at radius 1 is 0.714 bits per heavy atom. The fourth-order valence-electron chi connectivity index (χ4n) is 6.97. The number of fused-ring (bicyclic) bond motifs is 1. The van der Waals surface area contributed by atoms with Crippen LogP contribution in [-0.2, 0) is 23.7 Å². The summed E-state index contributed by atoms with van der Waals surface area (Å²) in [6, 6.07) is 5.25. The molecular formula is C46H58O17. The van der Waals surface area contributed by atoms with Crippen LogP contribution >= 0.6 is 0 Å². The molecular weight excluding hydrogens is 824 g/mol. The normalized spacial score (nSPS) is 26.7. The Hall–Kier alpha value is -5.24. The molecule has 9 N–H and O–H groups in total. The first-order valence-electron chi connectivity index (χ1n) is 21.1. The Morgan fingerprint density at radius 3 is 2.03 bits per heavy atom. The van der Waals surface area contributed by atoms with Crippen LogP contribution < -0.4 is 10.2 Å². The lowest BCUT2D eigenvalue weighted by molar-refractivity contribution is -0.319. The van der Waals surface area contributed by atoms with E-state index in [0.717, 1.165) is 43.5 Å². The van der Waals surface area contributed by atoms with Crippen molar-refractivity contribution in [1.82, 2.24) is 0 Å². The second-order valence-electron chi connectivity index (χ2n) is 15.4. The minimum absolute atomic E-state index is 0.0139. The molecule has 0 saturated carbocycles. The number of rotatable bonds is 20. The molecule has 2 saturated heterocycles. The van der Waals surface area contributed by atoms with Gasteiger partial charge in [-0.3, -0.25) is 9.59 Å². The van der Waals surface area contributed by atoms with E-state index < -0.39 is 119 Å². The van der Waals surface area contributed by atoms with Gasteiger partial charge in [-0.2, -0.15) is 0 Å². The fraction of sp³-hybridized carbons (Fsp3) is 0.478. The van der Waals surface area contributed by atoms with Gasteiger partial charge in [-0.05, 0) is 63.6 Å². The predicted octanol–water partition coefficient (Wildman–Crippen LogP) is 4.62. The number of aliphatic hydroxyl groups excluding tert-OH is 5. The molecule has 0 aliphatic carbocycles. The first-order chi connectivity index (χ1) is 30.2. The summed E-state index contributed by atoms with van der Waals surface area (Å²) in [6.45, 7) is 3.04. The number of esters is 1.